The van der Waals surface area contributed by atoms with Crippen molar-refractivity contribution in [1.82, 2.24) is 10.2 Å². The van der Waals surface area contributed by atoms with Gasteiger partial charge in [0.15, 0.2) is 0 Å². The molecule has 1 aliphatic carbocycles. The first-order chi connectivity index (χ1) is 8.04. The fraction of sp³-hybridized carbons (Fsp3) is 0.417. The monoisotopic (exact) mass is 300 g/mol. The zero-order valence-electron chi connectivity index (χ0n) is 9.23. The van der Waals surface area contributed by atoms with Crippen molar-refractivity contribution in [2.45, 2.75) is 31.6 Å². The second-order valence-corrected chi connectivity index (χ2v) is 5.29. The summed E-state index contributed by atoms with van der Waals surface area (Å²) in [6.07, 6.45) is 1.94. The first-order valence-corrected chi connectivity index (χ1v) is 6.36. The molecule has 0 saturated heterocycles. The summed E-state index contributed by atoms with van der Waals surface area (Å²) < 4.78 is 28.6. The van der Waals surface area contributed by atoms with Gasteiger partial charge in [0, 0.05) is 22.2 Å². The lowest BCUT2D eigenvalue weighted by Crippen LogP contribution is -2.21. The lowest BCUT2D eigenvalue weighted by Gasteiger charge is -2.18. The molecule has 90 valence electrons. The van der Waals surface area contributed by atoms with Crippen molar-refractivity contribution in [1.29, 1.82) is 0 Å². The maximum absolute atomic E-state index is 13.9. The first kappa shape index (κ1) is 11.1. The average Bonchev–Trinajstić information content (AvgIpc) is 2.79. The van der Waals surface area contributed by atoms with Gasteiger partial charge >= 0.3 is 0 Å². The molecule has 1 heterocycles. The molecule has 17 heavy (non-hydrogen) atoms. The number of fused-ring (bicyclic) bond motifs is 2. The van der Waals surface area contributed by atoms with Crippen molar-refractivity contribution < 1.29 is 8.78 Å². The lowest BCUT2D eigenvalue weighted by atomic mass is 9.96. The summed E-state index contributed by atoms with van der Waals surface area (Å²) in [5.74, 6) is -3.32. The Hall–Kier alpha value is -0.970. The Balaban J connectivity index is 2.31. The summed E-state index contributed by atoms with van der Waals surface area (Å²) in [5, 5.41) is 7.65. The van der Waals surface area contributed by atoms with Crippen LogP contribution in [0.5, 0.6) is 0 Å². The SMILES string of the molecule is CCC1c2c(cc3[nH]ncc3c2Br)CC1(F)F. The Labute approximate surface area is 106 Å². The molecule has 1 unspecified atom stereocenters. The minimum absolute atomic E-state index is 0.172. The molecule has 0 spiro atoms. The van der Waals surface area contributed by atoms with E-state index in [0.29, 0.717) is 6.42 Å². The van der Waals surface area contributed by atoms with E-state index >= 15 is 0 Å². The van der Waals surface area contributed by atoms with Crippen LogP contribution in [-0.4, -0.2) is 16.1 Å². The summed E-state index contributed by atoms with van der Waals surface area (Å²) in [6.45, 7) is 1.81. The average molecular weight is 301 g/mol. The van der Waals surface area contributed by atoms with Crippen LogP contribution in [0.15, 0.2) is 16.7 Å². The molecule has 2 nitrogen and oxygen atoms in total. The number of aromatic nitrogens is 2. The van der Waals surface area contributed by atoms with E-state index in [9.17, 15) is 8.78 Å². The molecule has 0 aliphatic heterocycles. The standard InChI is InChI=1S/C12H11BrF2N2/c1-2-8-10-6(4-12(8,14)15)3-9-7(11(10)13)5-16-17-9/h3,5,8H,2,4H2,1H3,(H,16,17). The Morgan fingerprint density at radius 1 is 1.59 bits per heavy atom. The van der Waals surface area contributed by atoms with Crippen molar-refractivity contribution in [3.05, 3.63) is 27.9 Å². The fourth-order valence-corrected chi connectivity index (χ4v) is 3.58. The van der Waals surface area contributed by atoms with E-state index in [2.05, 4.69) is 26.1 Å². The van der Waals surface area contributed by atoms with Gasteiger partial charge in [0.1, 0.15) is 0 Å². The van der Waals surface area contributed by atoms with Crippen LogP contribution in [0.1, 0.15) is 30.4 Å². The molecular weight excluding hydrogens is 290 g/mol. The number of nitrogens with one attached hydrogen (secondary N) is 1. The van der Waals surface area contributed by atoms with Gasteiger partial charge in [-0.05, 0) is 39.5 Å². The van der Waals surface area contributed by atoms with E-state index < -0.39 is 11.8 Å². The molecule has 5 heteroatoms. The number of nitrogens with zero attached hydrogens (tertiary/aromatic N) is 1. The second kappa shape index (κ2) is 3.51. The van der Waals surface area contributed by atoms with Gasteiger partial charge in [-0.25, -0.2) is 8.78 Å². The smallest absolute Gasteiger partial charge is 0.258 e. The van der Waals surface area contributed by atoms with Gasteiger partial charge in [-0.3, -0.25) is 5.10 Å². The molecule has 1 aromatic heterocycles. The molecule has 0 bridgehead atoms. The van der Waals surface area contributed by atoms with Gasteiger partial charge in [0.25, 0.3) is 5.92 Å². The Morgan fingerprint density at radius 3 is 3.06 bits per heavy atom. The minimum Gasteiger partial charge on any atom is -0.278 e. The number of aromatic amines is 1. The summed E-state index contributed by atoms with van der Waals surface area (Å²) in [5.41, 5.74) is 2.29. The number of hydrogen-bond acceptors (Lipinski definition) is 1. The topological polar surface area (TPSA) is 28.7 Å². The van der Waals surface area contributed by atoms with Gasteiger partial charge in [-0.2, -0.15) is 5.10 Å². The van der Waals surface area contributed by atoms with Crippen LogP contribution in [-0.2, 0) is 6.42 Å². The van der Waals surface area contributed by atoms with Crippen LogP contribution in [0, 0.1) is 0 Å². The maximum Gasteiger partial charge on any atom is 0.258 e. The van der Waals surface area contributed by atoms with E-state index in [0.717, 1.165) is 26.5 Å². The Kier molecular flexibility index (Phi) is 2.30. The molecule has 1 aromatic carbocycles. The number of alkyl halides is 2. The van der Waals surface area contributed by atoms with Crippen LogP contribution in [0.4, 0.5) is 8.78 Å². The quantitative estimate of drug-likeness (QED) is 0.847. The highest BCUT2D eigenvalue weighted by atomic mass is 79.9. The summed E-state index contributed by atoms with van der Waals surface area (Å²) in [6, 6.07) is 1.80. The van der Waals surface area contributed by atoms with Crippen molar-refractivity contribution >= 4 is 26.8 Å². The molecule has 1 aliphatic rings. The largest absolute Gasteiger partial charge is 0.278 e. The third kappa shape index (κ3) is 1.44. The summed E-state index contributed by atoms with van der Waals surface area (Å²) in [7, 11) is 0. The number of H-pyrrole nitrogens is 1. The minimum atomic E-state index is -2.63. The molecule has 2 aromatic rings. The predicted molar refractivity (Wildman–Crippen MR) is 65.5 cm³/mol. The molecule has 1 N–H and O–H groups in total. The molecule has 1 atom stereocenters. The van der Waals surface area contributed by atoms with Gasteiger partial charge in [-0.1, -0.05) is 6.92 Å². The summed E-state index contributed by atoms with van der Waals surface area (Å²) >= 11 is 3.45. The number of rotatable bonds is 1. The highest BCUT2D eigenvalue weighted by Crippen LogP contribution is 2.50. The molecule has 0 amide bonds. The molecule has 0 radical (unpaired) electrons. The van der Waals surface area contributed by atoms with E-state index in [1.165, 1.54) is 0 Å². The second-order valence-electron chi connectivity index (χ2n) is 4.49. The van der Waals surface area contributed by atoms with Gasteiger partial charge in [-0.15, -0.1) is 0 Å². The lowest BCUT2D eigenvalue weighted by molar-refractivity contribution is -0.0164. The fourth-order valence-electron chi connectivity index (χ4n) is 2.73. The zero-order valence-corrected chi connectivity index (χ0v) is 10.8. The third-order valence-corrected chi connectivity index (χ3v) is 4.35. The van der Waals surface area contributed by atoms with Crippen molar-refractivity contribution in [3.63, 3.8) is 0 Å². The van der Waals surface area contributed by atoms with Crippen molar-refractivity contribution in [3.8, 4) is 0 Å². The highest BCUT2D eigenvalue weighted by molar-refractivity contribution is 9.10. The first-order valence-electron chi connectivity index (χ1n) is 5.56. The van der Waals surface area contributed by atoms with Crippen LogP contribution >= 0.6 is 15.9 Å². The van der Waals surface area contributed by atoms with E-state index in [-0.39, 0.29) is 6.42 Å². The molecule has 3 rings (SSSR count). The van der Waals surface area contributed by atoms with Crippen molar-refractivity contribution in [2.75, 3.05) is 0 Å². The molecule has 0 fully saturated rings. The van der Waals surface area contributed by atoms with E-state index in [1.807, 2.05) is 0 Å². The Bertz CT molecular complexity index is 591. The van der Waals surface area contributed by atoms with E-state index in [1.54, 1.807) is 19.2 Å². The van der Waals surface area contributed by atoms with Crippen LogP contribution < -0.4 is 0 Å². The van der Waals surface area contributed by atoms with Crippen LogP contribution in [0.3, 0.4) is 0 Å². The Morgan fingerprint density at radius 2 is 2.35 bits per heavy atom. The van der Waals surface area contributed by atoms with Gasteiger partial charge in [0.2, 0.25) is 0 Å². The number of hydrogen-bond donors (Lipinski definition) is 1. The summed E-state index contributed by atoms with van der Waals surface area (Å²) in [4.78, 5) is 0. The maximum atomic E-state index is 13.9. The normalized spacial score (nSPS) is 22.0. The number of benzene rings is 1. The molecular formula is C12H11BrF2N2. The van der Waals surface area contributed by atoms with Gasteiger partial charge < -0.3 is 0 Å². The number of halogens is 3. The predicted octanol–water partition coefficient (Wildman–Crippen LogP) is 4.01. The van der Waals surface area contributed by atoms with E-state index in [4.69, 9.17) is 0 Å². The third-order valence-electron chi connectivity index (χ3n) is 3.50. The van der Waals surface area contributed by atoms with Crippen LogP contribution in [0.25, 0.3) is 10.9 Å². The zero-order chi connectivity index (χ0) is 12.2. The highest BCUT2D eigenvalue weighted by Gasteiger charge is 2.47. The molecule has 0 saturated carbocycles. The van der Waals surface area contributed by atoms with Crippen molar-refractivity contribution in [2.24, 2.45) is 0 Å². The van der Waals surface area contributed by atoms with Crippen LogP contribution in [0.2, 0.25) is 0 Å². The van der Waals surface area contributed by atoms with Gasteiger partial charge in [0.05, 0.1) is 11.7 Å².